The third-order valence-corrected chi connectivity index (χ3v) is 5.86. The average molecular weight is 312 g/mol. The molecule has 1 aromatic rings. The highest BCUT2D eigenvalue weighted by molar-refractivity contribution is 7.91. The molecule has 0 heterocycles. The van der Waals surface area contributed by atoms with Crippen molar-refractivity contribution in [1.29, 1.82) is 0 Å². The molecule has 0 amide bonds. The summed E-state index contributed by atoms with van der Waals surface area (Å²) in [6.07, 6.45) is 2.49. The smallest absolute Gasteiger partial charge is 0.178 e. The van der Waals surface area contributed by atoms with E-state index >= 15 is 0 Å². The molecule has 0 spiro atoms. The molecule has 0 aliphatic carbocycles. The minimum atomic E-state index is -3.16. The zero-order valence-electron chi connectivity index (χ0n) is 13.1. The van der Waals surface area contributed by atoms with Gasteiger partial charge in [0.2, 0.25) is 0 Å². The first-order chi connectivity index (χ1) is 9.98. The Hall–Kier alpha value is -0.910. The standard InChI is InChI=1S/C16H28N2O2S/c1-3-8-21(19,20)16-7-5-6-15(10-16)14(4-2)9-13(11-17)12-18/h5-7,10,13-14H,3-4,8-9,11-12,17-18H2,1-2H3. The molecule has 0 aliphatic rings. The molecule has 5 heteroatoms. The van der Waals surface area contributed by atoms with Crippen LogP contribution in [0.5, 0.6) is 0 Å². The van der Waals surface area contributed by atoms with Crippen molar-refractivity contribution in [3.8, 4) is 0 Å². The molecule has 1 unspecified atom stereocenters. The van der Waals surface area contributed by atoms with E-state index in [2.05, 4.69) is 6.92 Å². The molecule has 1 aromatic carbocycles. The normalized spacial score (nSPS) is 13.6. The Balaban J connectivity index is 3.01. The lowest BCUT2D eigenvalue weighted by molar-refractivity contribution is 0.442. The molecule has 0 saturated carbocycles. The van der Waals surface area contributed by atoms with Gasteiger partial charge in [-0.15, -0.1) is 0 Å². The van der Waals surface area contributed by atoms with Crippen LogP contribution in [0.15, 0.2) is 29.2 Å². The van der Waals surface area contributed by atoms with Gasteiger partial charge in [-0.1, -0.05) is 26.0 Å². The number of hydrogen-bond acceptors (Lipinski definition) is 4. The van der Waals surface area contributed by atoms with Crippen LogP contribution in [0.2, 0.25) is 0 Å². The van der Waals surface area contributed by atoms with Gasteiger partial charge in [0, 0.05) is 0 Å². The Kier molecular flexibility index (Phi) is 7.35. The van der Waals surface area contributed by atoms with Gasteiger partial charge in [-0.3, -0.25) is 0 Å². The van der Waals surface area contributed by atoms with E-state index in [1.165, 1.54) is 0 Å². The van der Waals surface area contributed by atoms with Crippen LogP contribution in [0.1, 0.15) is 44.6 Å². The van der Waals surface area contributed by atoms with Crippen LogP contribution < -0.4 is 11.5 Å². The third-order valence-electron chi connectivity index (χ3n) is 3.94. The molecule has 0 aliphatic heterocycles. The molecule has 0 bridgehead atoms. The summed E-state index contributed by atoms with van der Waals surface area (Å²) in [5.74, 6) is 0.784. The van der Waals surface area contributed by atoms with Crippen LogP contribution in [-0.2, 0) is 9.84 Å². The maximum atomic E-state index is 12.2. The van der Waals surface area contributed by atoms with Crippen LogP contribution in [0, 0.1) is 5.92 Å². The number of benzene rings is 1. The van der Waals surface area contributed by atoms with Gasteiger partial charge in [-0.25, -0.2) is 8.42 Å². The van der Waals surface area contributed by atoms with Gasteiger partial charge in [0.05, 0.1) is 10.6 Å². The van der Waals surface area contributed by atoms with Crippen molar-refractivity contribution in [3.63, 3.8) is 0 Å². The molecule has 0 saturated heterocycles. The van der Waals surface area contributed by atoms with Gasteiger partial charge in [-0.05, 0) is 61.9 Å². The Morgan fingerprint density at radius 2 is 1.81 bits per heavy atom. The number of sulfone groups is 1. The van der Waals surface area contributed by atoms with E-state index < -0.39 is 9.84 Å². The highest BCUT2D eigenvalue weighted by Crippen LogP contribution is 2.28. The topological polar surface area (TPSA) is 86.2 Å². The monoisotopic (exact) mass is 312 g/mol. The molecular weight excluding hydrogens is 284 g/mol. The lowest BCUT2D eigenvalue weighted by atomic mass is 9.87. The highest BCUT2D eigenvalue weighted by Gasteiger charge is 2.18. The van der Waals surface area contributed by atoms with E-state index in [0.29, 0.717) is 30.3 Å². The minimum Gasteiger partial charge on any atom is -0.330 e. The van der Waals surface area contributed by atoms with Crippen molar-refractivity contribution in [1.82, 2.24) is 0 Å². The SMILES string of the molecule is CCCS(=O)(=O)c1cccc(C(CC)CC(CN)CN)c1. The number of hydrogen-bond donors (Lipinski definition) is 2. The molecule has 4 N–H and O–H groups in total. The minimum absolute atomic E-state index is 0.196. The summed E-state index contributed by atoms with van der Waals surface area (Å²) in [6, 6.07) is 7.34. The summed E-state index contributed by atoms with van der Waals surface area (Å²) < 4.78 is 24.4. The van der Waals surface area contributed by atoms with Crippen LogP contribution in [0.25, 0.3) is 0 Å². The Labute approximate surface area is 128 Å². The third kappa shape index (κ3) is 5.09. The van der Waals surface area contributed by atoms with Gasteiger partial charge < -0.3 is 11.5 Å². The lowest BCUT2D eigenvalue weighted by Crippen LogP contribution is -2.25. The molecule has 120 valence electrons. The second-order valence-electron chi connectivity index (χ2n) is 5.57. The molecule has 1 rings (SSSR count). The van der Waals surface area contributed by atoms with E-state index in [1.54, 1.807) is 6.07 Å². The summed E-state index contributed by atoms with van der Waals surface area (Å²) in [6.45, 7) is 5.13. The molecule has 1 atom stereocenters. The fourth-order valence-corrected chi connectivity index (χ4v) is 3.95. The van der Waals surface area contributed by atoms with Crippen molar-refractivity contribution in [2.45, 2.75) is 43.9 Å². The zero-order valence-corrected chi connectivity index (χ0v) is 13.9. The van der Waals surface area contributed by atoms with Gasteiger partial charge in [0.15, 0.2) is 9.84 Å². The van der Waals surface area contributed by atoms with Crippen LogP contribution in [0.3, 0.4) is 0 Å². The summed E-state index contributed by atoms with van der Waals surface area (Å²) in [4.78, 5) is 0.428. The largest absolute Gasteiger partial charge is 0.330 e. The predicted molar refractivity (Wildman–Crippen MR) is 88.0 cm³/mol. The molecule has 0 fully saturated rings. The van der Waals surface area contributed by atoms with E-state index in [9.17, 15) is 8.42 Å². The van der Waals surface area contributed by atoms with E-state index in [4.69, 9.17) is 11.5 Å². The maximum Gasteiger partial charge on any atom is 0.178 e. The average Bonchev–Trinajstić information content (AvgIpc) is 2.49. The molecule has 21 heavy (non-hydrogen) atoms. The summed E-state index contributed by atoms with van der Waals surface area (Å²) >= 11 is 0. The Morgan fingerprint density at radius 1 is 1.14 bits per heavy atom. The van der Waals surface area contributed by atoms with Gasteiger partial charge in [0.1, 0.15) is 0 Å². The first kappa shape index (κ1) is 18.1. The first-order valence-electron chi connectivity index (χ1n) is 7.71. The highest BCUT2D eigenvalue weighted by atomic mass is 32.2. The fourth-order valence-electron chi connectivity index (χ4n) is 2.58. The molecule has 4 nitrogen and oxygen atoms in total. The van der Waals surface area contributed by atoms with E-state index in [0.717, 1.165) is 18.4 Å². The maximum absolute atomic E-state index is 12.2. The number of rotatable bonds is 9. The van der Waals surface area contributed by atoms with Crippen LogP contribution >= 0.6 is 0 Å². The zero-order chi connectivity index (χ0) is 15.9. The molecule has 0 aromatic heterocycles. The van der Waals surface area contributed by atoms with Crippen molar-refractivity contribution < 1.29 is 8.42 Å². The van der Waals surface area contributed by atoms with Gasteiger partial charge in [0.25, 0.3) is 0 Å². The lowest BCUT2D eigenvalue weighted by Gasteiger charge is -2.21. The van der Waals surface area contributed by atoms with E-state index in [1.807, 2.05) is 25.1 Å². The van der Waals surface area contributed by atoms with Crippen LogP contribution in [-0.4, -0.2) is 27.3 Å². The second kappa shape index (κ2) is 8.51. The summed E-state index contributed by atoms with van der Waals surface area (Å²) in [5.41, 5.74) is 12.5. The van der Waals surface area contributed by atoms with E-state index in [-0.39, 0.29) is 11.7 Å². The number of nitrogens with two attached hydrogens (primary N) is 2. The quantitative estimate of drug-likeness (QED) is 0.732. The first-order valence-corrected chi connectivity index (χ1v) is 9.36. The van der Waals surface area contributed by atoms with Crippen molar-refractivity contribution >= 4 is 9.84 Å². The fraction of sp³-hybridized carbons (Fsp3) is 0.625. The van der Waals surface area contributed by atoms with Crippen molar-refractivity contribution in [2.24, 2.45) is 17.4 Å². The Bertz CT molecular complexity index is 525. The van der Waals surface area contributed by atoms with Crippen LogP contribution in [0.4, 0.5) is 0 Å². The second-order valence-corrected chi connectivity index (χ2v) is 7.68. The van der Waals surface area contributed by atoms with Gasteiger partial charge in [-0.2, -0.15) is 0 Å². The van der Waals surface area contributed by atoms with Crippen molar-refractivity contribution in [3.05, 3.63) is 29.8 Å². The Morgan fingerprint density at radius 3 is 2.33 bits per heavy atom. The summed E-state index contributed by atoms with van der Waals surface area (Å²) in [7, 11) is -3.16. The van der Waals surface area contributed by atoms with Gasteiger partial charge >= 0.3 is 0 Å². The summed E-state index contributed by atoms with van der Waals surface area (Å²) in [5, 5.41) is 0. The molecule has 0 radical (unpaired) electrons. The predicted octanol–water partition coefficient (Wildman–Crippen LogP) is 2.29. The molecular formula is C16H28N2O2S. The van der Waals surface area contributed by atoms with Crippen molar-refractivity contribution in [2.75, 3.05) is 18.8 Å².